The first-order valence-corrected chi connectivity index (χ1v) is 11.1. The van der Waals surface area contributed by atoms with Gasteiger partial charge < -0.3 is 15.2 Å². The van der Waals surface area contributed by atoms with Gasteiger partial charge in [-0.3, -0.25) is 14.4 Å². The highest BCUT2D eigenvalue weighted by molar-refractivity contribution is 6.22. The van der Waals surface area contributed by atoms with Crippen molar-refractivity contribution >= 4 is 29.8 Å². The van der Waals surface area contributed by atoms with Crippen LogP contribution in [0.5, 0.6) is 0 Å². The summed E-state index contributed by atoms with van der Waals surface area (Å²) in [6, 6.07) is 12.1. The second-order valence-corrected chi connectivity index (χ2v) is 8.56. The molecule has 1 aliphatic heterocycles. The van der Waals surface area contributed by atoms with Crippen LogP contribution in [-0.4, -0.2) is 57.0 Å². The fourth-order valence-electron chi connectivity index (χ4n) is 3.72. The average Bonchev–Trinajstić information content (AvgIpc) is 3.08. The molecule has 2 atom stereocenters. The Kier molecular flexibility index (Phi) is 7.85. The largest absolute Gasteiger partial charge is 0.480 e. The molecule has 0 spiro atoms. The molecule has 35 heavy (non-hydrogen) atoms. The van der Waals surface area contributed by atoms with Crippen LogP contribution in [0.2, 0.25) is 0 Å². The average molecular weight is 482 g/mol. The van der Waals surface area contributed by atoms with Gasteiger partial charge in [0.15, 0.2) is 6.04 Å². The zero-order valence-corrected chi connectivity index (χ0v) is 19.6. The highest BCUT2D eigenvalue weighted by atomic mass is 16.5. The number of alkyl carbamates (subject to hydrolysis) is 1. The summed E-state index contributed by atoms with van der Waals surface area (Å²) < 4.78 is 5.13. The third kappa shape index (κ3) is 5.65. The smallest absolute Gasteiger partial charge is 0.408 e. The number of ether oxygens (including phenoxy) is 1. The fraction of sp³-hybridized carbons (Fsp3) is 0.320. The number of amides is 4. The molecule has 2 aromatic rings. The fourth-order valence-corrected chi connectivity index (χ4v) is 3.72. The Balaban J connectivity index is 1.85. The van der Waals surface area contributed by atoms with Crippen molar-refractivity contribution in [3.8, 4) is 0 Å². The molecular weight excluding hydrogens is 454 g/mol. The van der Waals surface area contributed by atoms with Crippen molar-refractivity contribution in [2.24, 2.45) is 5.92 Å². The van der Waals surface area contributed by atoms with Crippen molar-refractivity contribution in [2.45, 2.75) is 45.9 Å². The summed E-state index contributed by atoms with van der Waals surface area (Å²) in [5.74, 6) is -4.13. The van der Waals surface area contributed by atoms with Crippen molar-refractivity contribution in [2.75, 3.05) is 0 Å². The molecule has 2 aromatic carbocycles. The zero-order valence-electron chi connectivity index (χ0n) is 19.6. The van der Waals surface area contributed by atoms with E-state index in [1.54, 1.807) is 50.2 Å². The first-order chi connectivity index (χ1) is 16.6. The zero-order chi connectivity index (χ0) is 25.7. The summed E-state index contributed by atoms with van der Waals surface area (Å²) in [5.41, 5.74) is 0.857. The topological polar surface area (TPSA) is 133 Å². The van der Waals surface area contributed by atoms with Crippen LogP contribution in [0.4, 0.5) is 4.79 Å². The number of hydrogen-bond acceptors (Lipinski definition) is 6. The van der Waals surface area contributed by atoms with Gasteiger partial charge in [0, 0.05) is 0 Å². The minimum absolute atomic E-state index is 0.0281. The molecule has 0 fully saturated rings. The summed E-state index contributed by atoms with van der Waals surface area (Å²) in [5, 5.41) is 13.5. The molecule has 0 aromatic heterocycles. The molecule has 4 amide bonds. The van der Waals surface area contributed by atoms with Gasteiger partial charge in [0.1, 0.15) is 12.6 Å². The Morgan fingerprint density at radius 2 is 1.49 bits per heavy atom. The van der Waals surface area contributed by atoms with Crippen molar-refractivity contribution in [3.63, 3.8) is 0 Å². The maximum Gasteiger partial charge on any atom is 0.408 e. The van der Waals surface area contributed by atoms with Crippen LogP contribution in [0.25, 0.3) is 0 Å². The maximum absolute atomic E-state index is 13.5. The minimum atomic E-state index is -1.52. The molecule has 10 heteroatoms. The number of imide groups is 1. The molecule has 1 heterocycles. The van der Waals surface area contributed by atoms with Gasteiger partial charge in [-0.25, -0.2) is 14.6 Å². The maximum atomic E-state index is 13.5. The summed E-state index contributed by atoms with van der Waals surface area (Å²) in [4.78, 5) is 64.1. The van der Waals surface area contributed by atoms with Crippen LogP contribution in [-0.2, 0) is 20.9 Å². The first kappa shape index (κ1) is 25.4. The van der Waals surface area contributed by atoms with Gasteiger partial charge in [0.2, 0.25) is 0 Å². The summed E-state index contributed by atoms with van der Waals surface area (Å²) in [6.45, 7) is 4.79. The van der Waals surface area contributed by atoms with E-state index in [0.717, 1.165) is 5.56 Å². The molecule has 0 bridgehead atoms. The van der Waals surface area contributed by atoms with Crippen molar-refractivity contribution in [1.29, 1.82) is 0 Å². The van der Waals surface area contributed by atoms with Crippen molar-refractivity contribution < 1.29 is 33.8 Å². The van der Waals surface area contributed by atoms with E-state index in [9.17, 15) is 29.1 Å². The van der Waals surface area contributed by atoms with E-state index in [2.05, 4.69) is 5.32 Å². The number of fused-ring (bicyclic) bond motifs is 1. The molecule has 10 nitrogen and oxygen atoms in total. The van der Waals surface area contributed by atoms with Crippen LogP contribution < -0.4 is 5.32 Å². The summed E-state index contributed by atoms with van der Waals surface area (Å²) >= 11 is 0. The number of rotatable bonds is 9. The number of carbonyl (C=O) groups excluding carboxylic acids is 4. The Morgan fingerprint density at radius 3 is 2.00 bits per heavy atom. The molecule has 0 aliphatic carbocycles. The van der Waals surface area contributed by atoms with E-state index >= 15 is 0 Å². The van der Waals surface area contributed by atoms with Crippen LogP contribution in [0, 0.1) is 5.92 Å². The van der Waals surface area contributed by atoms with E-state index in [4.69, 9.17) is 4.74 Å². The molecule has 1 aliphatic rings. The van der Waals surface area contributed by atoms with Gasteiger partial charge in [-0.05, 0) is 37.0 Å². The number of benzene rings is 2. The Labute approximate surface area is 202 Å². The van der Waals surface area contributed by atoms with E-state index in [1.165, 1.54) is 19.1 Å². The number of carboxylic acid groups (broad SMARTS) is 1. The molecule has 2 N–H and O–H groups in total. The standard InChI is InChI=1S/C25H27N3O7/c1-15(2)13-20(24(32)33)27(28-22(30)18-11-7-8-12-19(18)23(28)31)21(29)16(3)26-25(34)35-14-17-9-5-4-6-10-17/h4-12,15-16,20H,13-14H2,1-3H3,(H,26,34)(H,32,33)/t16-,20-/m0/s1. The Bertz CT molecular complexity index is 1100. The number of nitrogens with one attached hydrogen (secondary N) is 1. The quantitative estimate of drug-likeness (QED) is 0.526. The lowest BCUT2D eigenvalue weighted by Gasteiger charge is -2.36. The molecule has 184 valence electrons. The molecule has 0 saturated heterocycles. The predicted molar refractivity (Wildman–Crippen MR) is 124 cm³/mol. The van der Waals surface area contributed by atoms with E-state index in [1.807, 2.05) is 6.07 Å². The third-order valence-electron chi connectivity index (χ3n) is 5.41. The lowest BCUT2D eigenvalue weighted by Crippen LogP contribution is -2.61. The Hall–Kier alpha value is -4.21. The molecule has 0 radical (unpaired) electrons. The SMILES string of the molecule is CC(C)C[C@@H](C(=O)O)N(C(=O)[C@H](C)NC(=O)OCc1ccccc1)N1C(=O)c2ccccc2C1=O. The number of aliphatic carboxylic acids is 1. The summed E-state index contributed by atoms with van der Waals surface area (Å²) in [6.07, 6.45) is -0.938. The minimum Gasteiger partial charge on any atom is -0.480 e. The second kappa shape index (κ2) is 10.8. The van der Waals surface area contributed by atoms with Crippen LogP contribution in [0.3, 0.4) is 0 Å². The first-order valence-electron chi connectivity index (χ1n) is 11.1. The van der Waals surface area contributed by atoms with Crippen LogP contribution in [0.15, 0.2) is 54.6 Å². The Morgan fingerprint density at radius 1 is 0.943 bits per heavy atom. The number of carbonyl (C=O) groups is 5. The van der Waals surface area contributed by atoms with Gasteiger partial charge in [-0.2, -0.15) is 5.01 Å². The lowest BCUT2D eigenvalue weighted by molar-refractivity contribution is -0.162. The van der Waals surface area contributed by atoms with Gasteiger partial charge in [-0.1, -0.05) is 56.3 Å². The highest BCUT2D eigenvalue weighted by Crippen LogP contribution is 2.27. The van der Waals surface area contributed by atoms with Gasteiger partial charge in [0.25, 0.3) is 17.7 Å². The normalized spacial score (nSPS) is 14.3. The molecule has 3 rings (SSSR count). The van der Waals surface area contributed by atoms with E-state index in [0.29, 0.717) is 10.0 Å². The predicted octanol–water partition coefficient (Wildman–Crippen LogP) is 2.84. The van der Waals surface area contributed by atoms with Crippen LogP contribution in [0.1, 0.15) is 53.5 Å². The highest BCUT2D eigenvalue weighted by Gasteiger charge is 2.47. The second-order valence-electron chi connectivity index (χ2n) is 8.56. The van der Waals surface area contributed by atoms with Crippen molar-refractivity contribution in [3.05, 3.63) is 71.3 Å². The number of carboxylic acids is 1. The molecule has 0 unspecified atom stereocenters. The molecular formula is C25H27N3O7. The van der Waals surface area contributed by atoms with Gasteiger partial charge >= 0.3 is 12.1 Å². The van der Waals surface area contributed by atoms with E-state index in [-0.39, 0.29) is 30.1 Å². The van der Waals surface area contributed by atoms with Crippen molar-refractivity contribution in [1.82, 2.24) is 15.3 Å². The lowest BCUT2D eigenvalue weighted by atomic mass is 10.0. The number of hydrogen-bond donors (Lipinski definition) is 2. The van der Waals surface area contributed by atoms with Gasteiger partial charge in [-0.15, -0.1) is 0 Å². The number of hydrazine groups is 1. The molecule has 0 saturated carbocycles. The third-order valence-corrected chi connectivity index (χ3v) is 5.41. The summed E-state index contributed by atoms with van der Waals surface area (Å²) in [7, 11) is 0. The monoisotopic (exact) mass is 481 g/mol. The van der Waals surface area contributed by atoms with E-state index < -0.39 is 41.9 Å². The number of nitrogens with zero attached hydrogens (tertiary/aromatic N) is 2. The van der Waals surface area contributed by atoms with Gasteiger partial charge in [0.05, 0.1) is 11.1 Å². The van der Waals surface area contributed by atoms with Crippen LogP contribution >= 0.6 is 0 Å².